The second kappa shape index (κ2) is 6.44. The first-order valence-electron chi connectivity index (χ1n) is 7.07. The van der Waals surface area contributed by atoms with Gasteiger partial charge in [-0.05, 0) is 54.7 Å². The number of amides is 1. The number of benzene rings is 2. The van der Waals surface area contributed by atoms with Gasteiger partial charge in [-0.15, -0.1) is 0 Å². The summed E-state index contributed by atoms with van der Waals surface area (Å²) in [5, 5.41) is 3.07. The van der Waals surface area contributed by atoms with Crippen LogP contribution in [0.4, 0.5) is 5.69 Å². The highest BCUT2D eigenvalue weighted by Crippen LogP contribution is 2.28. The molecule has 1 amide bonds. The number of nitrogens with one attached hydrogen (secondary N) is 1. The minimum absolute atomic E-state index is 0.0678. The standard InChI is InChI=1S/C18H20BrNO/c1-11(2)15-7-5-6-12(3)17(15)20-18(21)14-8-9-16(19)13(4)10-14/h5-11H,1-4H3,(H,20,21). The van der Waals surface area contributed by atoms with E-state index < -0.39 is 0 Å². The van der Waals surface area contributed by atoms with Crippen LogP contribution in [0.25, 0.3) is 0 Å². The van der Waals surface area contributed by atoms with E-state index in [9.17, 15) is 4.79 Å². The molecule has 21 heavy (non-hydrogen) atoms. The second-order valence-corrected chi connectivity index (χ2v) is 6.47. The van der Waals surface area contributed by atoms with Crippen LogP contribution in [-0.4, -0.2) is 5.91 Å². The molecule has 0 bridgehead atoms. The molecule has 0 atom stereocenters. The number of anilines is 1. The molecular weight excluding hydrogens is 326 g/mol. The van der Waals surface area contributed by atoms with Crippen LogP contribution in [-0.2, 0) is 0 Å². The van der Waals surface area contributed by atoms with Crippen LogP contribution in [0.2, 0.25) is 0 Å². The van der Waals surface area contributed by atoms with Crippen molar-refractivity contribution in [2.45, 2.75) is 33.6 Å². The SMILES string of the molecule is Cc1cc(C(=O)Nc2c(C)cccc2C(C)C)ccc1Br. The van der Waals surface area contributed by atoms with Gasteiger partial charge in [-0.25, -0.2) is 0 Å². The molecule has 0 aliphatic carbocycles. The van der Waals surface area contributed by atoms with Crippen LogP contribution in [0.3, 0.4) is 0 Å². The molecule has 1 N–H and O–H groups in total. The normalized spacial score (nSPS) is 10.8. The van der Waals surface area contributed by atoms with Crippen molar-refractivity contribution in [2.75, 3.05) is 5.32 Å². The largest absolute Gasteiger partial charge is 0.321 e. The zero-order valence-electron chi connectivity index (χ0n) is 12.8. The molecule has 3 heteroatoms. The Bertz CT molecular complexity index is 677. The number of carbonyl (C=O) groups is 1. The van der Waals surface area contributed by atoms with Crippen LogP contribution < -0.4 is 5.32 Å². The molecule has 0 heterocycles. The Kier molecular flexibility index (Phi) is 4.84. The maximum atomic E-state index is 12.5. The number of carbonyl (C=O) groups excluding carboxylic acids is 1. The average molecular weight is 346 g/mol. The molecule has 0 saturated carbocycles. The van der Waals surface area contributed by atoms with E-state index in [1.807, 2.05) is 44.2 Å². The Balaban J connectivity index is 2.33. The highest BCUT2D eigenvalue weighted by molar-refractivity contribution is 9.10. The zero-order chi connectivity index (χ0) is 15.6. The van der Waals surface area contributed by atoms with Gasteiger partial charge < -0.3 is 5.32 Å². The van der Waals surface area contributed by atoms with Gasteiger partial charge >= 0.3 is 0 Å². The van der Waals surface area contributed by atoms with Crippen molar-refractivity contribution in [1.29, 1.82) is 0 Å². The Labute approximate surface area is 134 Å². The van der Waals surface area contributed by atoms with Crippen molar-refractivity contribution >= 4 is 27.5 Å². The van der Waals surface area contributed by atoms with E-state index in [0.717, 1.165) is 26.9 Å². The fourth-order valence-corrected chi connectivity index (χ4v) is 2.56. The fourth-order valence-electron chi connectivity index (χ4n) is 2.31. The lowest BCUT2D eigenvalue weighted by Gasteiger charge is -2.16. The molecule has 0 aliphatic rings. The van der Waals surface area contributed by atoms with Gasteiger partial charge in [-0.3, -0.25) is 4.79 Å². The topological polar surface area (TPSA) is 29.1 Å². The first kappa shape index (κ1) is 15.8. The molecule has 0 saturated heterocycles. The van der Waals surface area contributed by atoms with Crippen molar-refractivity contribution in [3.05, 3.63) is 63.1 Å². The Hall–Kier alpha value is -1.61. The molecular formula is C18H20BrNO. The summed E-state index contributed by atoms with van der Waals surface area (Å²) >= 11 is 3.46. The summed E-state index contributed by atoms with van der Waals surface area (Å²) in [4.78, 5) is 12.5. The van der Waals surface area contributed by atoms with Gasteiger partial charge in [0.15, 0.2) is 0 Å². The maximum Gasteiger partial charge on any atom is 0.255 e. The van der Waals surface area contributed by atoms with Crippen LogP contribution in [0.1, 0.15) is 46.8 Å². The molecule has 0 radical (unpaired) electrons. The molecule has 0 fully saturated rings. The van der Waals surface area contributed by atoms with E-state index in [1.165, 1.54) is 0 Å². The fraction of sp³-hybridized carbons (Fsp3) is 0.278. The number of para-hydroxylation sites is 1. The minimum atomic E-state index is -0.0678. The number of halogens is 1. The van der Waals surface area contributed by atoms with Crippen molar-refractivity contribution in [3.8, 4) is 0 Å². The van der Waals surface area contributed by atoms with Crippen LogP contribution in [0.15, 0.2) is 40.9 Å². The van der Waals surface area contributed by atoms with Crippen LogP contribution in [0, 0.1) is 13.8 Å². The van der Waals surface area contributed by atoms with E-state index in [-0.39, 0.29) is 5.91 Å². The number of aryl methyl sites for hydroxylation is 2. The Morgan fingerprint density at radius 1 is 1.10 bits per heavy atom. The number of hydrogen-bond donors (Lipinski definition) is 1. The highest BCUT2D eigenvalue weighted by Gasteiger charge is 2.13. The summed E-state index contributed by atoms with van der Waals surface area (Å²) in [7, 11) is 0. The third-order valence-electron chi connectivity index (χ3n) is 3.59. The van der Waals surface area contributed by atoms with Gasteiger partial charge in [0.05, 0.1) is 0 Å². The molecule has 0 unspecified atom stereocenters. The number of hydrogen-bond acceptors (Lipinski definition) is 1. The average Bonchev–Trinajstić information content (AvgIpc) is 2.43. The van der Waals surface area contributed by atoms with Gasteiger partial charge in [0.25, 0.3) is 5.91 Å². The van der Waals surface area contributed by atoms with E-state index in [4.69, 9.17) is 0 Å². The maximum absolute atomic E-state index is 12.5. The summed E-state index contributed by atoms with van der Waals surface area (Å²) in [5.74, 6) is 0.300. The Morgan fingerprint density at radius 3 is 2.43 bits per heavy atom. The van der Waals surface area contributed by atoms with Gasteiger partial charge in [0.2, 0.25) is 0 Å². The monoisotopic (exact) mass is 345 g/mol. The van der Waals surface area contributed by atoms with Crippen molar-refractivity contribution in [3.63, 3.8) is 0 Å². The first-order chi connectivity index (χ1) is 9.90. The molecule has 0 aromatic heterocycles. The number of rotatable bonds is 3. The lowest BCUT2D eigenvalue weighted by atomic mass is 9.98. The predicted octanol–water partition coefficient (Wildman–Crippen LogP) is 5.44. The van der Waals surface area contributed by atoms with E-state index >= 15 is 0 Å². The molecule has 2 nitrogen and oxygen atoms in total. The lowest BCUT2D eigenvalue weighted by molar-refractivity contribution is 0.102. The summed E-state index contributed by atoms with van der Waals surface area (Å²) in [6.45, 7) is 8.27. The molecule has 2 aromatic rings. The predicted molar refractivity (Wildman–Crippen MR) is 92.1 cm³/mol. The van der Waals surface area contributed by atoms with Gasteiger partial charge in [-0.2, -0.15) is 0 Å². The van der Waals surface area contributed by atoms with E-state index in [1.54, 1.807) is 0 Å². The lowest BCUT2D eigenvalue weighted by Crippen LogP contribution is -2.15. The summed E-state index contributed by atoms with van der Waals surface area (Å²) in [6, 6.07) is 11.8. The third-order valence-corrected chi connectivity index (χ3v) is 4.48. The third kappa shape index (κ3) is 3.53. The second-order valence-electron chi connectivity index (χ2n) is 5.61. The highest BCUT2D eigenvalue weighted by atomic mass is 79.9. The summed E-state index contributed by atoms with van der Waals surface area (Å²) < 4.78 is 1.01. The summed E-state index contributed by atoms with van der Waals surface area (Å²) in [5.41, 5.74) is 4.91. The van der Waals surface area contributed by atoms with Gasteiger partial charge in [0.1, 0.15) is 0 Å². The molecule has 0 aliphatic heterocycles. The first-order valence-corrected chi connectivity index (χ1v) is 7.86. The molecule has 2 aromatic carbocycles. The van der Waals surface area contributed by atoms with Crippen molar-refractivity contribution in [1.82, 2.24) is 0 Å². The molecule has 2 rings (SSSR count). The van der Waals surface area contributed by atoms with Crippen LogP contribution in [0.5, 0.6) is 0 Å². The molecule has 0 spiro atoms. The van der Waals surface area contributed by atoms with Crippen molar-refractivity contribution in [2.24, 2.45) is 0 Å². The minimum Gasteiger partial charge on any atom is -0.321 e. The van der Waals surface area contributed by atoms with Gasteiger partial charge in [0, 0.05) is 15.7 Å². The smallest absolute Gasteiger partial charge is 0.255 e. The van der Waals surface area contributed by atoms with E-state index in [0.29, 0.717) is 11.5 Å². The quantitative estimate of drug-likeness (QED) is 0.788. The summed E-state index contributed by atoms with van der Waals surface area (Å²) in [6.07, 6.45) is 0. The van der Waals surface area contributed by atoms with E-state index in [2.05, 4.69) is 41.2 Å². The molecule has 110 valence electrons. The zero-order valence-corrected chi connectivity index (χ0v) is 14.4. The van der Waals surface area contributed by atoms with Crippen LogP contribution >= 0.6 is 15.9 Å². The van der Waals surface area contributed by atoms with Gasteiger partial charge in [-0.1, -0.05) is 48.0 Å². The van der Waals surface area contributed by atoms with Crippen molar-refractivity contribution < 1.29 is 4.79 Å². The Morgan fingerprint density at radius 2 is 1.81 bits per heavy atom.